The van der Waals surface area contributed by atoms with E-state index in [1.54, 1.807) is 66.7 Å². The van der Waals surface area contributed by atoms with Gasteiger partial charge in [-0.05, 0) is 78.7 Å². The van der Waals surface area contributed by atoms with E-state index in [2.05, 4.69) is 15.8 Å². The third kappa shape index (κ3) is 6.52. The van der Waals surface area contributed by atoms with Crippen LogP contribution in [0.1, 0.15) is 21.5 Å². The van der Waals surface area contributed by atoms with Crippen LogP contribution in [-0.2, 0) is 9.59 Å². The van der Waals surface area contributed by atoms with Gasteiger partial charge in [-0.3, -0.25) is 9.59 Å². The molecule has 2 amide bonds. The summed E-state index contributed by atoms with van der Waals surface area (Å²) in [5, 5.41) is 6.78. The minimum Gasteiger partial charge on any atom is -0.423 e. The van der Waals surface area contributed by atoms with Crippen LogP contribution in [0.4, 0.5) is 5.69 Å². The lowest BCUT2D eigenvalue weighted by Gasteiger charge is -2.05. The zero-order chi connectivity index (χ0) is 22.2. The van der Waals surface area contributed by atoms with E-state index in [9.17, 15) is 14.4 Å². The number of hydrazone groups is 1. The molecule has 3 rings (SSSR count). The summed E-state index contributed by atoms with van der Waals surface area (Å²) in [5.74, 6) is -1.89. The van der Waals surface area contributed by atoms with Crippen molar-refractivity contribution < 1.29 is 19.1 Å². The lowest BCUT2D eigenvalue weighted by atomic mass is 10.2. The Morgan fingerprint density at radius 1 is 0.935 bits per heavy atom. The number of halogens is 1. The zero-order valence-corrected chi connectivity index (χ0v) is 17.2. The topological polar surface area (TPSA) is 96.9 Å². The molecule has 0 saturated carbocycles. The van der Waals surface area contributed by atoms with Crippen LogP contribution in [0.3, 0.4) is 0 Å². The maximum atomic E-state index is 12.1. The van der Waals surface area contributed by atoms with Gasteiger partial charge in [0.25, 0.3) is 0 Å². The highest BCUT2D eigenvalue weighted by Gasteiger charge is 2.13. The fourth-order valence-corrected chi connectivity index (χ4v) is 2.63. The maximum absolute atomic E-state index is 12.1. The van der Waals surface area contributed by atoms with Gasteiger partial charge in [0.1, 0.15) is 5.75 Å². The van der Waals surface area contributed by atoms with Crippen LogP contribution in [0.2, 0.25) is 5.02 Å². The smallest absolute Gasteiger partial charge is 0.343 e. The van der Waals surface area contributed by atoms with Crippen molar-refractivity contribution >= 4 is 41.3 Å². The number of benzene rings is 3. The number of rotatable bonds is 5. The summed E-state index contributed by atoms with van der Waals surface area (Å²) < 4.78 is 5.29. The number of amides is 2. The minimum absolute atomic E-state index is 0.346. The van der Waals surface area contributed by atoms with Crippen molar-refractivity contribution in [2.45, 2.75) is 6.92 Å². The molecule has 0 fully saturated rings. The number of nitrogens with one attached hydrogen (secondary N) is 2. The van der Waals surface area contributed by atoms with Crippen LogP contribution < -0.4 is 15.5 Å². The molecule has 7 nitrogen and oxygen atoms in total. The molecule has 0 spiro atoms. The molecule has 0 aliphatic carbocycles. The molecule has 0 aliphatic heterocycles. The van der Waals surface area contributed by atoms with Crippen LogP contribution in [0.25, 0.3) is 0 Å². The van der Waals surface area contributed by atoms with Crippen molar-refractivity contribution in [2.75, 3.05) is 5.32 Å². The molecule has 0 heterocycles. The van der Waals surface area contributed by atoms with Gasteiger partial charge in [0, 0.05) is 10.7 Å². The number of hydrogen-bond acceptors (Lipinski definition) is 5. The molecule has 0 radical (unpaired) electrons. The van der Waals surface area contributed by atoms with Crippen molar-refractivity contribution in [3.05, 3.63) is 94.5 Å². The van der Waals surface area contributed by atoms with E-state index in [0.717, 1.165) is 5.56 Å². The summed E-state index contributed by atoms with van der Waals surface area (Å²) in [7, 11) is 0. The van der Waals surface area contributed by atoms with Crippen molar-refractivity contribution in [2.24, 2.45) is 5.10 Å². The second-order valence-corrected chi connectivity index (χ2v) is 6.92. The van der Waals surface area contributed by atoms with Crippen molar-refractivity contribution in [1.82, 2.24) is 5.43 Å². The number of carbonyl (C=O) groups excluding carboxylic acids is 3. The Hall–Kier alpha value is -3.97. The number of carbonyl (C=O) groups is 3. The normalized spacial score (nSPS) is 10.5. The standard InChI is InChI=1S/C23H18ClN3O4/c1-15-3-2-4-19(13-15)26-21(28)22(29)27-25-14-16-5-11-20(12-6-16)31-23(30)17-7-9-18(24)10-8-17/h2-14H,1H3,(H,26,28)(H,27,29)/b25-14+. The van der Waals surface area contributed by atoms with Gasteiger partial charge in [-0.2, -0.15) is 5.10 Å². The molecule has 2 N–H and O–H groups in total. The molecule has 0 aromatic heterocycles. The Balaban J connectivity index is 1.50. The van der Waals surface area contributed by atoms with Crippen LogP contribution in [0, 0.1) is 6.92 Å². The molecule has 0 saturated heterocycles. The van der Waals surface area contributed by atoms with E-state index in [1.807, 2.05) is 13.0 Å². The molecule has 0 unspecified atom stereocenters. The predicted molar refractivity (Wildman–Crippen MR) is 118 cm³/mol. The Morgan fingerprint density at radius 2 is 1.65 bits per heavy atom. The fourth-order valence-electron chi connectivity index (χ4n) is 2.50. The molecule has 3 aromatic rings. The van der Waals surface area contributed by atoms with Gasteiger partial charge in [-0.15, -0.1) is 0 Å². The monoisotopic (exact) mass is 435 g/mol. The molecule has 31 heavy (non-hydrogen) atoms. The summed E-state index contributed by atoms with van der Waals surface area (Å²) in [4.78, 5) is 35.8. The van der Waals surface area contributed by atoms with Crippen molar-refractivity contribution in [3.63, 3.8) is 0 Å². The number of ether oxygens (including phenoxy) is 1. The number of esters is 1. The van der Waals surface area contributed by atoms with E-state index in [-0.39, 0.29) is 0 Å². The van der Waals surface area contributed by atoms with Crippen LogP contribution in [0.5, 0.6) is 5.75 Å². The quantitative estimate of drug-likeness (QED) is 0.208. The summed E-state index contributed by atoms with van der Waals surface area (Å²) >= 11 is 5.80. The highest BCUT2D eigenvalue weighted by atomic mass is 35.5. The lowest BCUT2D eigenvalue weighted by Crippen LogP contribution is -2.32. The summed E-state index contributed by atoms with van der Waals surface area (Å²) in [5.41, 5.74) is 4.65. The van der Waals surface area contributed by atoms with Gasteiger partial charge in [0.2, 0.25) is 0 Å². The van der Waals surface area contributed by atoms with E-state index in [1.165, 1.54) is 6.21 Å². The van der Waals surface area contributed by atoms with Gasteiger partial charge in [-0.1, -0.05) is 23.7 Å². The number of hydrogen-bond donors (Lipinski definition) is 2. The molecule has 8 heteroatoms. The third-order valence-corrected chi connectivity index (χ3v) is 4.28. The fraction of sp³-hybridized carbons (Fsp3) is 0.0435. The number of nitrogens with zero attached hydrogens (tertiary/aromatic N) is 1. The first-order valence-corrected chi connectivity index (χ1v) is 9.57. The Morgan fingerprint density at radius 3 is 2.32 bits per heavy atom. The largest absolute Gasteiger partial charge is 0.423 e. The van der Waals surface area contributed by atoms with Crippen LogP contribution in [-0.4, -0.2) is 24.0 Å². The highest BCUT2D eigenvalue weighted by Crippen LogP contribution is 2.15. The summed E-state index contributed by atoms with van der Waals surface area (Å²) in [6.45, 7) is 1.88. The Kier molecular flexibility index (Phi) is 7.13. The summed E-state index contributed by atoms with van der Waals surface area (Å²) in [6, 6.07) is 19.9. The van der Waals surface area contributed by atoms with E-state index < -0.39 is 17.8 Å². The highest BCUT2D eigenvalue weighted by molar-refractivity contribution is 6.39. The van der Waals surface area contributed by atoms with E-state index >= 15 is 0 Å². The van der Waals surface area contributed by atoms with E-state index in [4.69, 9.17) is 16.3 Å². The molecule has 0 bridgehead atoms. The van der Waals surface area contributed by atoms with Crippen molar-refractivity contribution in [3.8, 4) is 5.75 Å². The van der Waals surface area contributed by atoms with Crippen molar-refractivity contribution in [1.29, 1.82) is 0 Å². The minimum atomic E-state index is -0.897. The van der Waals surface area contributed by atoms with Crippen LogP contribution >= 0.6 is 11.6 Å². The zero-order valence-electron chi connectivity index (χ0n) is 16.5. The second-order valence-electron chi connectivity index (χ2n) is 6.49. The first kappa shape index (κ1) is 21.7. The lowest BCUT2D eigenvalue weighted by molar-refractivity contribution is -0.136. The maximum Gasteiger partial charge on any atom is 0.343 e. The molecule has 156 valence electrons. The van der Waals surface area contributed by atoms with E-state index in [0.29, 0.717) is 27.6 Å². The van der Waals surface area contributed by atoms with Gasteiger partial charge in [0.15, 0.2) is 0 Å². The third-order valence-electron chi connectivity index (χ3n) is 4.03. The Labute approximate surface area is 183 Å². The first-order chi connectivity index (χ1) is 14.9. The summed E-state index contributed by atoms with van der Waals surface area (Å²) in [6.07, 6.45) is 1.36. The predicted octanol–water partition coefficient (Wildman–Crippen LogP) is 3.96. The Bertz CT molecular complexity index is 1130. The second kappa shape index (κ2) is 10.2. The van der Waals surface area contributed by atoms with Gasteiger partial charge in [0.05, 0.1) is 11.8 Å². The molecule has 0 aliphatic rings. The average molecular weight is 436 g/mol. The molecular weight excluding hydrogens is 418 g/mol. The van der Waals surface area contributed by atoms with Gasteiger partial charge in [-0.25, -0.2) is 10.2 Å². The van der Waals surface area contributed by atoms with Gasteiger partial charge >= 0.3 is 17.8 Å². The number of aryl methyl sites for hydroxylation is 1. The molecular formula is C23H18ClN3O4. The number of anilines is 1. The van der Waals surface area contributed by atoms with Crippen LogP contribution in [0.15, 0.2) is 77.9 Å². The molecule has 0 atom stereocenters. The van der Waals surface area contributed by atoms with Gasteiger partial charge < -0.3 is 10.1 Å². The SMILES string of the molecule is Cc1cccc(NC(=O)C(=O)N/N=C/c2ccc(OC(=O)c3ccc(Cl)cc3)cc2)c1. The average Bonchev–Trinajstić information content (AvgIpc) is 2.75. The first-order valence-electron chi connectivity index (χ1n) is 9.19. The molecule has 3 aromatic carbocycles.